The monoisotopic (exact) mass is 365 g/mol. The van der Waals surface area contributed by atoms with Crippen molar-refractivity contribution in [2.75, 3.05) is 4.90 Å². The van der Waals surface area contributed by atoms with E-state index >= 15 is 0 Å². The van der Waals surface area contributed by atoms with Crippen LogP contribution in [0.5, 0.6) is 0 Å². The van der Waals surface area contributed by atoms with Crippen molar-refractivity contribution < 1.29 is 4.79 Å². The van der Waals surface area contributed by atoms with Crippen molar-refractivity contribution in [3.05, 3.63) is 53.9 Å². The summed E-state index contributed by atoms with van der Waals surface area (Å²) in [6, 6.07) is 12.0. The van der Waals surface area contributed by atoms with Crippen molar-refractivity contribution in [3.8, 4) is 0 Å². The third kappa shape index (κ3) is 3.49. The predicted octanol–water partition coefficient (Wildman–Crippen LogP) is 5.11. The lowest BCUT2D eigenvalue weighted by atomic mass is 9.88. The van der Waals surface area contributed by atoms with E-state index < -0.39 is 0 Å². The van der Waals surface area contributed by atoms with Gasteiger partial charge in [-0.05, 0) is 43.5 Å². The van der Waals surface area contributed by atoms with Crippen molar-refractivity contribution in [3.63, 3.8) is 0 Å². The average molecular weight is 366 g/mol. The summed E-state index contributed by atoms with van der Waals surface area (Å²) in [6.45, 7) is 2.55. The van der Waals surface area contributed by atoms with Gasteiger partial charge in [0.05, 0.1) is 22.5 Å². The molecule has 0 saturated heterocycles. The maximum atomic E-state index is 13.3. The number of fused-ring (bicyclic) bond motifs is 1. The van der Waals surface area contributed by atoms with Gasteiger partial charge in [-0.3, -0.25) is 14.7 Å². The number of pyridine rings is 1. The second-order valence-electron chi connectivity index (χ2n) is 7.00. The fraction of sp³-hybridized carbons (Fsp3) is 0.381. The first-order chi connectivity index (χ1) is 12.7. The first-order valence-corrected chi connectivity index (χ1v) is 10.1. The minimum absolute atomic E-state index is 0.112. The molecule has 2 aromatic heterocycles. The Labute approximate surface area is 157 Å². The quantitative estimate of drug-likeness (QED) is 0.645. The SMILES string of the molecule is Cc1cccc2sc(N(Cc3ccccn3)C(=O)C3CCCCC3)nc12. The van der Waals surface area contributed by atoms with Gasteiger partial charge >= 0.3 is 0 Å². The Morgan fingerprint density at radius 3 is 2.73 bits per heavy atom. The molecule has 4 rings (SSSR count). The number of para-hydroxylation sites is 1. The van der Waals surface area contributed by atoms with Gasteiger partial charge in [-0.25, -0.2) is 4.98 Å². The standard InChI is InChI=1S/C21H23N3OS/c1-15-8-7-12-18-19(15)23-21(26-18)24(14-17-11-5-6-13-22-17)20(25)16-9-3-2-4-10-16/h5-8,11-13,16H,2-4,9-10,14H2,1H3. The van der Waals surface area contributed by atoms with Gasteiger partial charge in [0.2, 0.25) is 5.91 Å². The molecule has 5 heteroatoms. The molecular weight excluding hydrogens is 342 g/mol. The lowest BCUT2D eigenvalue weighted by molar-refractivity contribution is -0.123. The van der Waals surface area contributed by atoms with Crippen LogP contribution >= 0.6 is 11.3 Å². The van der Waals surface area contributed by atoms with Gasteiger partial charge in [0.1, 0.15) is 0 Å². The number of rotatable bonds is 4. The van der Waals surface area contributed by atoms with Crippen molar-refractivity contribution in [1.29, 1.82) is 0 Å². The van der Waals surface area contributed by atoms with E-state index in [9.17, 15) is 4.79 Å². The zero-order valence-corrected chi connectivity index (χ0v) is 15.8. The summed E-state index contributed by atoms with van der Waals surface area (Å²) in [4.78, 5) is 24.4. The normalized spacial score (nSPS) is 15.3. The summed E-state index contributed by atoms with van der Waals surface area (Å²) in [5.41, 5.74) is 3.04. The number of carbonyl (C=O) groups excluding carboxylic acids is 1. The van der Waals surface area contributed by atoms with Crippen LogP contribution in [-0.4, -0.2) is 15.9 Å². The molecular formula is C21H23N3OS. The van der Waals surface area contributed by atoms with E-state index in [0.717, 1.165) is 52.3 Å². The zero-order valence-electron chi connectivity index (χ0n) is 15.0. The van der Waals surface area contributed by atoms with E-state index in [2.05, 4.69) is 24.0 Å². The first kappa shape index (κ1) is 17.2. The molecule has 1 saturated carbocycles. The number of hydrogen-bond acceptors (Lipinski definition) is 4. The van der Waals surface area contributed by atoms with E-state index in [0.29, 0.717) is 6.54 Å². The molecule has 0 atom stereocenters. The highest BCUT2D eigenvalue weighted by molar-refractivity contribution is 7.22. The number of aryl methyl sites for hydroxylation is 1. The van der Waals surface area contributed by atoms with Gasteiger partial charge in [0.25, 0.3) is 0 Å². The average Bonchev–Trinajstić information content (AvgIpc) is 3.12. The molecule has 1 aliphatic carbocycles. The van der Waals surface area contributed by atoms with Crippen LogP contribution in [0.15, 0.2) is 42.6 Å². The van der Waals surface area contributed by atoms with Crippen LogP contribution in [0.3, 0.4) is 0 Å². The Kier molecular flexibility index (Phi) is 4.98. The van der Waals surface area contributed by atoms with E-state index in [1.54, 1.807) is 17.5 Å². The number of thiazole rings is 1. The fourth-order valence-electron chi connectivity index (χ4n) is 3.65. The van der Waals surface area contributed by atoms with Crippen molar-refractivity contribution in [2.45, 2.75) is 45.6 Å². The molecule has 26 heavy (non-hydrogen) atoms. The maximum Gasteiger partial charge on any atom is 0.232 e. The highest BCUT2D eigenvalue weighted by atomic mass is 32.1. The third-order valence-corrected chi connectivity index (χ3v) is 6.15. The summed E-state index contributed by atoms with van der Waals surface area (Å²) in [5.74, 6) is 0.313. The van der Waals surface area contributed by atoms with Gasteiger partial charge in [-0.15, -0.1) is 0 Å². The summed E-state index contributed by atoms with van der Waals surface area (Å²) < 4.78 is 1.13. The van der Waals surface area contributed by atoms with Gasteiger partial charge in [-0.1, -0.05) is 48.8 Å². The van der Waals surface area contributed by atoms with Crippen molar-refractivity contribution in [2.24, 2.45) is 5.92 Å². The van der Waals surface area contributed by atoms with E-state index in [4.69, 9.17) is 4.98 Å². The van der Waals surface area contributed by atoms with Crippen LogP contribution in [0, 0.1) is 12.8 Å². The second-order valence-corrected chi connectivity index (χ2v) is 8.01. The Balaban J connectivity index is 1.70. The number of hydrogen-bond donors (Lipinski definition) is 0. The molecule has 1 aliphatic rings. The molecule has 3 aromatic rings. The van der Waals surface area contributed by atoms with Crippen LogP contribution < -0.4 is 4.90 Å². The molecule has 1 aromatic carbocycles. The summed E-state index contributed by atoms with van der Waals surface area (Å²) >= 11 is 1.60. The number of amides is 1. The molecule has 0 bridgehead atoms. The zero-order chi connectivity index (χ0) is 17.9. The summed E-state index contributed by atoms with van der Waals surface area (Å²) in [5, 5.41) is 0.788. The lowest BCUT2D eigenvalue weighted by Crippen LogP contribution is -2.36. The Morgan fingerprint density at radius 1 is 1.15 bits per heavy atom. The van der Waals surface area contributed by atoms with Gasteiger partial charge in [-0.2, -0.15) is 0 Å². The minimum Gasteiger partial charge on any atom is -0.282 e. The number of nitrogens with zero attached hydrogens (tertiary/aromatic N) is 3. The molecule has 4 nitrogen and oxygen atoms in total. The Morgan fingerprint density at radius 2 is 2.00 bits per heavy atom. The smallest absolute Gasteiger partial charge is 0.232 e. The fourth-order valence-corrected chi connectivity index (χ4v) is 4.70. The molecule has 0 spiro atoms. The molecule has 1 fully saturated rings. The second kappa shape index (κ2) is 7.54. The predicted molar refractivity (Wildman–Crippen MR) is 106 cm³/mol. The van der Waals surface area contributed by atoms with Crippen molar-refractivity contribution in [1.82, 2.24) is 9.97 Å². The van der Waals surface area contributed by atoms with Crippen LogP contribution in [0.2, 0.25) is 0 Å². The maximum absolute atomic E-state index is 13.3. The van der Waals surface area contributed by atoms with Gasteiger partial charge < -0.3 is 0 Å². The molecule has 0 unspecified atom stereocenters. The van der Waals surface area contributed by atoms with E-state index in [-0.39, 0.29) is 11.8 Å². The number of carbonyl (C=O) groups is 1. The first-order valence-electron chi connectivity index (χ1n) is 9.30. The number of anilines is 1. The van der Waals surface area contributed by atoms with E-state index in [1.807, 2.05) is 29.2 Å². The van der Waals surface area contributed by atoms with Crippen LogP contribution in [0.25, 0.3) is 10.2 Å². The number of aromatic nitrogens is 2. The topological polar surface area (TPSA) is 46.1 Å². The highest BCUT2D eigenvalue weighted by Crippen LogP contribution is 2.34. The molecule has 1 amide bonds. The lowest BCUT2D eigenvalue weighted by Gasteiger charge is -2.27. The number of benzene rings is 1. The minimum atomic E-state index is 0.112. The Bertz CT molecular complexity index is 900. The Hall–Kier alpha value is -2.27. The van der Waals surface area contributed by atoms with Crippen molar-refractivity contribution >= 4 is 32.6 Å². The van der Waals surface area contributed by atoms with Gasteiger partial charge in [0, 0.05) is 12.1 Å². The van der Waals surface area contributed by atoms with E-state index in [1.165, 1.54) is 6.42 Å². The molecule has 134 valence electrons. The highest BCUT2D eigenvalue weighted by Gasteiger charge is 2.29. The molecule has 0 radical (unpaired) electrons. The molecule has 0 N–H and O–H groups in total. The summed E-state index contributed by atoms with van der Waals surface area (Å²) in [6.07, 6.45) is 7.29. The van der Waals surface area contributed by atoms with Crippen LogP contribution in [-0.2, 0) is 11.3 Å². The summed E-state index contributed by atoms with van der Waals surface area (Å²) in [7, 11) is 0. The third-order valence-electron chi connectivity index (χ3n) is 5.11. The molecule has 0 aliphatic heterocycles. The molecule has 2 heterocycles. The van der Waals surface area contributed by atoms with Crippen LogP contribution in [0.1, 0.15) is 43.4 Å². The van der Waals surface area contributed by atoms with Crippen LogP contribution in [0.4, 0.5) is 5.13 Å². The largest absolute Gasteiger partial charge is 0.282 e. The van der Waals surface area contributed by atoms with Gasteiger partial charge in [0.15, 0.2) is 5.13 Å².